The van der Waals surface area contributed by atoms with Gasteiger partial charge in [0.1, 0.15) is 11.3 Å². The van der Waals surface area contributed by atoms with Gasteiger partial charge in [0.25, 0.3) is 0 Å². The SMILES string of the molecule is COC[C@]1(Cc2ccccc2)CC[C@@H](c2ncc3c(Cl)nccn23)CN1C(=O)O. The third-order valence-corrected chi connectivity index (χ3v) is 6.05. The first-order chi connectivity index (χ1) is 14.0. The molecule has 152 valence electrons. The molecule has 1 aromatic carbocycles. The molecule has 0 radical (unpaired) electrons. The number of aromatic nitrogens is 3. The smallest absolute Gasteiger partial charge is 0.407 e. The van der Waals surface area contributed by atoms with Gasteiger partial charge < -0.3 is 9.84 Å². The molecule has 1 N–H and O–H groups in total. The fraction of sp³-hybridized carbons (Fsp3) is 0.381. The van der Waals surface area contributed by atoms with Gasteiger partial charge in [-0.3, -0.25) is 9.30 Å². The summed E-state index contributed by atoms with van der Waals surface area (Å²) in [5, 5.41) is 10.4. The van der Waals surface area contributed by atoms with E-state index in [1.54, 1.807) is 24.4 Å². The highest BCUT2D eigenvalue weighted by Crippen LogP contribution is 2.38. The van der Waals surface area contributed by atoms with Crippen molar-refractivity contribution in [2.45, 2.75) is 30.7 Å². The van der Waals surface area contributed by atoms with Crippen LogP contribution >= 0.6 is 11.6 Å². The van der Waals surface area contributed by atoms with Gasteiger partial charge >= 0.3 is 6.09 Å². The lowest BCUT2D eigenvalue weighted by molar-refractivity contribution is -0.0133. The molecule has 2 aromatic heterocycles. The van der Waals surface area contributed by atoms with E-state index in [1.165, 1.54) is 0 Å². The zero-order chi connectivity index (χ0) is 20.4. The van der Waals surface area contributed by atoms with Gasteiger partial charge in [-0.15, -0.1) is 0 Å². The van der Waals surface area contributed by atoms with E-state index in [0.29, 0.717) is 31.1 Å². The summed E-state index contributed by atoms with van der Waals surface area (Å²) in [6.45, 7) is 0.698. The number of rotatable bonds is 5. The third kappa shape index (κ3) is 3.68. The van der Waals surface area contributed by atoms with E-state index in [4.69, 9.17) is 16.3 Å². The molecule has 1 saturated heterocycles. The summed E-state index contributed by atoms with van der Waals surface area (Å²) < 4.78 is 7.40. The lowest BCUT2D eigenvalue weighted by Gasteiger charge is -2.47. The summed E-state index contributed by atoms with van der Waals surface area (Å²) in [7, 11) is 1.62. The molecule has 3 heterocycles. The zero-order valence-electron chi connectivity index (χ0n) is 16.2. The van der Waals surface area contributed by atoms with Crippen LogP contribution in [0.2, 0.25) is 5.15 Å². The Hall–Kier alpha value is -2.64. The van der Waals surface area contributed by atoms with Gasteiger partial charge in [-0.2, -0.15) is 0 Å². The monoisotopic (exact) mass is 414 g/mol. The number of hydrogen-bond acceptors (Lipinski definition) is 4. The number of benzene rings is 1. The van der Waals surface area contributed by atoms with Crippen LogP contribution in [-0.2, 0) is 11.2 Å². The maximum absolute atomic E-state index is 12.3. The number of fused-ring (bicyclic) bond motifs is 1. The van der Waals surface area contributed by atoms with Crippen LogP contribution in [0.3, 0.4) is 0 Å². The number of piperidine rings is 1. The first-order valence-electron chi connectivity index (χ1n) is 9.55. The Morgan fingerprint density at radius 2 is 2.14 bits per heavy atom. The fourth-order valence-corrected chi connectivity index (χ4v) is 4.62. The molecule has 1 fully saturated rings. The highest BCUT2D eigenvalue weighted by molar-refractivity contribution is 6.32. The molecule has 8 heteroatoms. The number of hydrogen-bond donors (Lipinski definition) is 1. The largest absolute Gasteiger partial charge is 0.465 e. The molecule has 3 aromatic rings. The first kappa shape index (κ1) is 19.7. The Morgan fingerprint density at radius 3 is 2.86 bits per heavy atom. The number of carboxylic acid groups (broad SMARTS) is 1. The lowest BCUT2D eigenvalue weighted by atomic mass is 9.78. The number of ether oxygens (including phenoxy) is 1. The summed E-state index contributed by atoms with van der Waals surface area (Å²) in [6.07, 6.45) is 6.29. The van der Waals surface area contributed by atoms with E-state index in [0.717, 1.165) is 23.3 Å². The maximum atomic E-state index is 12.3. The highest BCUT2D eigenvalue weighted by atomic mass is 35.5. The molecule has 1 aliphatic heterocycles. The number of imidazole rings is 1. The predicted molar refractivity (Wildman–Crippen MR) is 109 cm³/mol. The van der Waals surface area contributed by atoms with Crippen molar-refractivity contribution in [1.82, 2.24) is 19.3 Å². The van der Waals surface area contributed by atoms with Crippen molar-refractivity contribution >= 4 is 23.2 Å². The average Bonchev–Trinajstić information content (AvgIpc) is 3.15. The van der Waals surface area contributed by atoms with Crippen LogP contribution in [0.4, 0.5) is 4.79 Å². The molecule has 0 saturated carbocycles. The quantitative estimate of drug-likeness (QED) is 0.685. The lowest BCUT2D eigenvalue weighted by Crippen LogP contribution is -2.59. The molecule has 4 rings (SSSR count). The Morgan fingerprint density at radius 1 is 1.34 bits per heavy atom. The highest BCUT2D eigenvalue weighted by Gasteiger charge is 2.45. The fourth-order valence-electron chi connectivity index (χ4n) is 4.42. The molecule has 2 atom stereocenters. The standard InChI is InChI=1S/C21H23ClN4O3/c1-29-14-21(11-15-5-3-2-4-6-15)8-7-16(13-26(21)20(27)28)19-24-12-17-18(22)23-9-10-25(17)19/h2-6,9-10,12,16H,7-8,11,13-14H2,1H3,(H,27,28)/t16-,21-/m1/s1. The molecule has 1 amide bonds. The van der Waals surface area contributed by atoms with Gasteiger partial charge in [0, 0.05) is 32.0 Å². The zero-order valence-corrected chi connectivity index (χ0v) is 16.9. The number of halogens is 1. The van der Waals surface area contributed by atoms with Crippen molar-refractivity contribution in [3.63, 3.8) is 0 Å². The molecule has 0 bridgehead atoms. The summed E-state index contributed by atoms with van der Waals surface area (Å²) in [4.78, 5) is 22.4. The van der Waals surface area contributed by atoms with E-state index in [1.807, 2.05) is 40.9 Å². The van der Waals surface area contributed by atoms with E-state index < -0.39 is 11.6 Å². The van der Waals surface area contributed by atoms with Crippen molar-refractivity contribution < 1.29 is 14.6 Å². The van der Waals surface area contributed by atoms with Crippen LogP contribution in [-0.4, -0.2) is 56.3 Å². The number of methoxy groups -OCH3 is 1. The van der Waals surface area contributed by atoms with E-state index in [9.17, 15) is 9.90 Å². The second-order valence-corrected chi connectivity index (χ2v) is 7.90. The average molecular weight is 415 g/mol. The van der Waals surface area contributed by atoms with Crippen LogP contribution in [0, 0.1) is 0 Å². The van der Waals surface area contributed by atoms with Crippen LogP contribution in [0.5, 0.6) is 0 Å². The second kappa shape index (κ2) is 8.00. The summed E-state index contributed by atoms with van der Waals surface area (Å²) in [5.74, 6) is 0.772. The number of nitrogens with zero attached hydrogens (tertiary/aromatic N) is 4. The van der Waals surface area contributed by atoms with Gasteiger partial charge in [-0.1, -0.05) is 41.9 Å². The Balaban J connectivity index is 1.67. The van der Waals surface area contributed by atoms with E-state index in [-0.39, 0.29) is 5.92 Å². The minimum atomic E-state index is -0.941. The molecule has 1 aliphatic rings. The molecule has 0 unspecified atom stereocenters. The molecule has 0 spiro atoms. The van der Waals surface area contributed by atoms with Crippen LogP contribution < -0.4 is 0 Å². The Labute approximate surface area is 173 Å². The van der Waals surface area contributed by atoms with Gasteiger partial charge in [0.05, 0.1) is 18.3 Å². The minimum Gasteiger partial charge on any atom is -0.465 e. The molecular formula is C21H23ClN4O3. The minimum absolute atomic E-state index is 0.0344. The third-order valence-electron chi connectivity index (χ3n) is 5.76. The van der Waals surface area contributed by atoms with Crippen molar-refractivity contribution in [3.05, 3.63) is 65.5 Å². The van der Waals surface area contributed by atoms with Crippen LogP contribution in [0.1, 0.15) is 30.1 Å². The Kier molecular flexibility index (Phi) is 5.43. The van der Waals surface area contributed by atoms with Gasteiger partial charge in [-0.25, -0.2) is 14.8 Å². The summed E-state index contributed by atoms with van der Waals surface area (Å²) >= 11 is 6.17. The number of likely N-dealkylation sites (tertiary alicyclic amines) is 1. The number of carbonyl (C=O) groups is 1. The predicted octanol–water partition coefficient (Wildman–Crippen LogP) is 3.87. The van der Waals surface area contributed by atoms with Crippen LogP contribution in [0.25, 0.3) is 5.52 Å². The molecule has 29 heavy (non-hydrogen) atoms. The molecule has 7 nitrogen and oxygen atoms in total. The topological polar surface area (TPSA) is 80.0 Å². The molecular weight excluding hydrogens is 392 g/mol. The van der Waals surface area contributed by atoms with Crippen molar-refractivity contribution in [2.75, 3.05) is 20.3 Å². The van der Waals surface area contributed by atoms with Crippen molar-refractivity contribution in [2.24, 2.45) is 0 Å². The first-order valence-corrected chi connectivity index (χ1v) is 9.93. The van der Waals surface area contributed by atoms with Crippen LogP contribution in [0.15, 0.2) is 48.9 Å². The van der Waals surface area contributed by atoms with E-state index >= 15 is 0 Å². The summed E-state index contributed by atoms with van der Waals surface area (Å²) in [5.41, 5.74) is 1.22. The van der Waals surface area contributed by atoms with Gasteiger partial charge in [-0.05, 0) is 24.8 Å². The second-order valence-electron chi connectivity index (χ2n) is 7.54. The van der Waals surface area contributed by atoms with Crippen molar-refractivity contribution in [1.29, 1.82) is 0 Å². The Bertz CT molecular complexity index is 1010. The van der Waals surface area contributed by atoms with Gasteiger partial charge in [0.15, 0.2) is 5.15 Å². The van der Waals surface area contributed by atoms with Crippen molar-refractivity contribution in [3.8, 4) is 0 Å². The van der Waals surface area contributed by atoms with E-state index in [2.05, 4.69) is 9.97 Å². The van der Waals surface area contributed by atoms with Gasteiger partial charge in [0.2, 0.25) is 0 Å². The molecule has 0 aliphatic carbocycles. The summed E-state index contributed by atoms with van der Waals surface area (Å²) in [6, 6.07) is 9.96. The maximum Gasteiger partial charge on any atom is 0.407 e. The number of amides is 1. The normalized spacial score (nSPS) is 22.1.